The zero-order valence-electron chi connectivity index (χ0n) is 45.9. The largest absolute Gasteiger partial charge is 0.508 e. The summed E-state index contributed by atoms with van der Waals surface area (Å²) in [5.41, 5.74) is 10.5. The van der Waals surface area contributed by atoms with E-state index >= 15 is 4.79 Å². The van der Waals surface area contributed by atoms with E-state index in [0.717, 1.165) is 52.4 Å². The van der Waals surface area contributed by atoms with E-state index < -0.39 is 71.0 Å². The molecule has 12 N–H and O–H groups in total. The number of ether oxygens (including phenoxy) is 2. The zero-order chi connectivity index (χ0) is 56.0. The monoisotopic (exact) mass is 1090 g/mol. The average molecular weight is 1090 g/mol. The quantitative estimate of drug-likeness (QED) is 0.0574. The van der Waals surface area contributed by atoms with E-state index in [2.05, 4.69) is 41.2 Å². The van der Waals surface area contributed by atoms with Crippen molar-refractivity contribution in [2.24, 2.45) is 29.4 Å². The summed E-state index contributed by atoms with van der Waals surface area (Å²) >= 11 is 0. The lowest BCUT2D eigenvalue weighted by Crippen LogP contribution is -2.59. The first-order chi connectivity index (χ1) is 38.5. The number of fused-ring (bicyclic) bond motifs is 9. The van der Waals surface area contributed by atoms with Crippen molar-refractivity contribution in [3.63, 3.8) is 0 Å². The number of nitrogens with one attached hydrogen (secondary N) is 3. The van der Waals surface area contributed by atoms with Crippen LogP contribution in [-0.4, -0.2) is 91.5 Å². The number of phenols is 2. The number of aliphatic hydroxyl groups excluding tert-OH is 3. The Balaban J connectivity index is 1.04. The van der Waals surface area contributed by atoms with Crippen LogP contribution in [0.2, 0.25) is 0 Å². The molecule has 12 atom stereocenters. The number of hydrogen-bond donors (Lipinski definition) is 11. The van der Waals surface area contributed by atoms with Gasteiger partial charge in [-0.25, -0.2) is 4.79 Å². The third-order valence-corrected chi connectivity index (χ3v) is 20.0. The van der Waals surface area contributed by atoms with Gasteiger partial charge in [-0.15, -0.1) is 0 Å². The van der Waals surface area contributed by atoms with E-state index in [1.807, 2.05) is 37.3 Å². The maximum atomic E-state index is 15.5. The van der Waals surface area contributed by atoms with E-state index in [9.17, 15) is 40.5 Å². The Kier molecular flexibility index (Phi) is 14.1. The van der Waals surface area contributed by atoms with Crippen LogP contribution in [0.4, 0.5) is 0 Å². The number of dihydropyridines is 2. The Labute approximate surface area is 465 Å². The number of aryl methyl sites for hydroxylation is 1. The van der Waals surface area contributed by atoms with E-state index in [1.165, 1.54) is 5.57 Å². The molecule has 12 unspecified atom stereocenters. The summed E-state index contributed by atoms with van der Waals surface area (Å²) in [5.74, 6) is -3.28. The number of phenolic OH excluding ortho intramolecular Hbond substituents is 2. The van der Waals surface area contributed by atoms with E-state index in [1.54, 1.807) is 25.1 Å². The van der Waals surface area contributed by atoms with Crippen molar-refractivity contribution in [3.05, 3.63) is 156 Å². The minimum absolute atomic E-state index is 0.0114. The minimum Gasteiger partial charge on any atom is -0.508 e. The van der Waals surface area contributed by atoms with Crippen molar-refractivity contribution in [2.75, 3.05) is 26.3 Å². The predicted octanol–water partition coefficient (Wildman–Crippen LogP) is 6.83. The molecule has 5 heterocycles. The summed E-state index contributed by atoms with van der Waals surface area (Å²) in [6.07, 6.45) is 12.5. The first-order valence-corrected chi connectivity index (χ1v) is 29.0. The SMILES string of the molecule is CC=C(C(=O)OC1Cc2c3c(c4oc(CO)cc(=O)c4c2O)C2C4=CCNC(N)=C4C(CCc4ccc(O)cc4C2CO)C2CCC4=CC(NCC)NC=C4CC2C1(C)O3)C1(O)CCC(c2cccc(C3(O)CCC(CO)C3)c2)C1. The van der Waals surface area contributed by atoms with Gasteiger partial charge in [-0.05, 0) is 177 Å². The van der Waals surface area contributed by atoms with E-state index in [-0.39, 0.29) is 95.1 Å². The van der Waals surface area contributed by atoms with Crippen molar-refractivity contribution in [1.82, 2.24) is 16.0 Å². The van der Waals surface area contributed by atoms with Gasteiger partial charge in [0.15, 0.2) is 5.43 Å². The predicted molar refractivity (Wildman–Crippen MR) is 300 cm³/mol. The van der Waals surface area contributed by atoms with Gasteiger partial charge in [-0.1, -0.05) is 49.4 Å². The molecule has 0 amide bonds. The third-order valence-electron chi connectivity index (χ3n) is 20.0. The number of carbonyl (C=O) groups excluding carboxylic acids is 1. The fourth-order valence-corrected chi connectivity index (χ4v) is 16.0. The normalized spacial score (nSPS) is 32.7. The molecule has 4 bridgehead atoms. The minimum atomic E-state index is -1.60. The van der Waals surface area contributed by atoms with Crippen LogP contribution in [0.3, 0.4) is 0 Å². The molecule has 0 saturated heterocycles. The van der Waals surface area contributed by atoms with Crippen molar-refractivity contribution in [3.8, 4) is 17.2 Å². The summed E-state index contributed by atoms with van der Waals surface area (Å²) in [4.78, 5) is 30.1. The number of esters is 1. The lowest BCUT2D eigenvalue weighted by molar-refractivity contribution is -0.171. The molecule has 0 radical (unpaired) electrons. The lowest BCUT2D eigenvalue weighted by atomic mass is 9.61. The molecule has 424 valence electrons. The summed E-state index contributed by atoms with van der Waals surface area (Å²) in [5, 5.41) is 91.4. The summed E-state index contributed by atoms with van der Waals surface area (Å²) < 4.78 is 21.3. The number of nitrogens with two attached hydrogens (primary N) is 1. The van der Waals surface area contributed by atoms with E-state index in [4.69, 9.17) is 19.6 Å². The van der Waals surface area contributed by atoms with Gasteiger partial charge in [-0.2, -0.15) is 0 Å². The van der Waals surface area contributed by atoms with Gasteiger partial charge in [0.05, 0.1) is 29.5 Å². The molecule has 80 heavy (non-hydrogen) atoms. The fourth-order valence-electron chi connectivity index (χ4n) is 16.0. The molecule has 3 fully saturated rings. The Morgan fingerprint density at radius 2 is 1.81 bits per heavy atom. The van der Waals surface area contributed by atoms with Crippen LogP contribution in [0.5, 0.6) is 17.2 Å². The van der Waals surface area contributed by atoms with Crippen molar-refractivity contribution < 1.29 is 54.4 Å². The number of allylic oxidation sites excluding steroid dienone is 5. The van der Waals surface area contributed by atoms with Gasteiger partial charge < -0.3 is 66.0 Å². The molecule has 4 aliphatic heterocycles. The van der Waals surface area contributed by atoms with Crippen LogP contribution in [0.25, 0.3) is 11.0 Å². The molecule has 4 aliphatic carbocycles. The van der Waals surface area contributed by atoms with Crippen LogP contribution < -0.4 is 31.8 Å². The maximum Gasteiger partial charge on any atom is 0.337 e. The molecule has 0 spiro atoms. The number of benzene rings is 3. The molecular weight excluding hydrogens is 1020 g/mol. The van der Waals surface area contributed by atoms with Gasteiger partial charge in [0.2, 0.25) is 0 Å². The number of aromatic hydroxyl groups is 2. The molecule has 3 saturated carbocycles. The van der Waals surface area contributed by atoms with Gasteiger partial charge in [0, 0.05) is 60.7 Å². The number of hydrogen-bond acceptors (Lipinski definition) is 16. The Morgan fingerprint density at radius 1 is 0.975 bits per heavy atom. The van der Waals surface area contributed by atoms with Crippen molar-refractivity contribution in [2.45, 2.75) is 151 Å². The van der Waals surface area contributed by atoms with Gasteiger partial charge in [-0.3, -0.25) is 10.1 Å². The highest BCUT2D eigenvalue weighted by molar-refractivity contribution is 5.93. The average Bonchev–Trinajstić information content (AvgIpc) is 4.09. The number of rotatable bonds is 10. The summed E-state index contributed by atoms with van der Waals surface area (Å²) in [6.45, 7) is 5.82. The number of aliphatic hydroxyl groups is 5. The molecule has 3 aromatic carbocycles. The lowest BCUT2D eigenvalue weighted by Gasteiger charge is -2.52. The summed E-state index contributed by atoms with van der Waals surface area (Å²) in [7, 11) is 0. The highest BCUT2D eigenvalue weighted by Gasteiger charge is 2.58. The highest BCUT2D eigenvalue weighted by atomic mass is 16.6. The first kappa shape index (κ1) is 54.2. The van der Waals surface area contributed by atoms with Crippen LogP contribution >= 0.6 is 0 Å². The van der Waals surface area contributed by atoms with Gasteiger partial charge >= 0.3 is 5.97 Å². The topological polar surface area (TPSA) is 269 Å². The Hall–Kier alpha value is -6.40. The fraction of sp³-hybridized carbons (Fsp3) is 0.500. The molecule has 8 aliphatic rings. The zero-order valence-corrected chi connectivity index (χ0v) is 45.9. The van der Waals surface area contributed by atoms with Gasteiger partial charge in [0.25, 0.3) is 0 Å². The van der Waals surface area contributed by atoms with E-state index in [0.29, 0.717) is 74.9 Å². The van der Waals surface area contributed by atoms with Gasteiger partial charge in [0.1, 0.15) is 58.1 Å². The first-order valence-electron chi connectivity index (χ1n) is 29.0. The van der Waals surface area contributed by atoms with Crippen molar-refractivity contribution >= 4 is 16.9 Å². The second-order valence-electron chi connectivity index (χ2n) is 24.3. The Morgan fingerprint density at radius 3 is 2.58 bits per heavy atom. The second kappa shape index (κ2) is 20.9. The second-order valence-corrected chi connectivity index (χ2v) is 24.3. The van der Waals surface area contributed by atoms with Crippen LogP contribution in [0, 0.1) is 23.7 Å². The van der Waals surface area contributed by atoms with Crippen molar-refractivity contribution in [1.29, 1.82) is 0 Å². The van der Waals surface area contributed by atoms with Crippen LogP contribution in [0.1, 0.15) is 142 Å². The standard InChI is InChI=1S/C64H76N4O12/c1-4-48(64(77)19-16-37(28-64)35-7-6-8-39(21-35)63(76)18-15-33(27-63)30-69)61(75)79-51-26-46-57(74)55-50(73)25-41(31-70)78-59(55)56-53-44-17-20-67-60(65)54(44)43(14-10-34-9-12-40(72)24-45(34)47(53)32-71)42-13-11-36-23-52(66-5-2)68-29-38(36)22-49(42)62(51,3)80-58(46)56/h4,6-9,12,17,21,23-25,29,33,37,42-43,47,49,51-53,66-72,74,76-77H,5,10-11,13-16,18-20,22,26-28,30-32,65H2,1-3H3. The molecule has 16 heteroatoms. The molecular formula is C64H76N4O12. The highest BCUT2D eigenvalue weighted by Crippen LogP contribution is 2.62. The summed E-state index contributed by atoms with van der Waals surface area (Å²) in [6, 6.07) is 14.3. The number of likely N-dealkylation sites (N-methyl/N-ethyl adjacent to an activating group) is 1. The number of carbonyl (C=O) groups is 1. The van der Waals surface area contributed by atoms with Crippen LogP contribution in [0.15, 0.2) is 116 Å². The maximum absolute atomic E-state index is 15.5. The molecule has 1 aromatic heterocycles. The molecule has 16 nitrogen and oxygen atoms in total. The third kappa shape index (κ3) is 8.96. The Bertz CT molecular complexity index is 3380. The smallest absolute Gasteiger partial charge is 0.337 e. The van der Waals surface area contributed by atoms with Crippen LogP contribution in [-0.2, 0) is 34.6 Å². The molecule has 4 aromatic rings. The molecule has 12 rings (SSSR count).